The first-order valence-corrected chi connectivity index (χ1v) is 5.78. The average molecular weight is 225 g/mol. The maximum atomic E-state index is 5.93. The van der Waals surface area contributed by atoms with E-state index in [2.05, 4.69) is 23.3 Å². The van der Waals surface area contributed by atoms with Gasteiger partial charge >= 0.3 is 0 Å². The van der Waals surface area contributed by atoms with Crippen LogP contribution in [-0.4, -0.2) is 31.1 Å². The van der Waals surface area contributed by atoms with Crippen LogP contribution in [0.4, 0.5) is 0 Å². The number of likely N-dealkylation sites (N-methyl/N-ethyl adjacent to an activating group) is 1. The molecule has 0 aliphatic carbocycles. The third-order valence-corrected chi connectivity index (χ3v) is 3.11. The predicted molar refractivity (Wildman–Crippen MR) is 64.2 cm³/mol. The number of nitrogens with one attached hydrogen (secondary N) is 1. The molecular weight excluding hydrogens is 208 g/mol. The zero-order valence-corrected chi connectivity index (χ0v) is 9.80. The molecule has 1 aromatic carbocycles. The molecule has 15 heavy (non-hydrogen) atoms. The van der Waals surface area contributed by atoms with Gasteiger partial charge in [0.05, 0.1) is 0 Å². The normalized spacial score (nSPS) is 22.1. The average Bonchev–Trinajstić information content (AvgIpc) is 2.62. The molecule has 2 nitrogen and oxygen atoms in total. The van der Waals surface area contributed by atoms with Gasteiger partial charge in [-0.25, -0.2) is 0 Å². The van der Waals surface area contributed by atoms with E-state index in [9.17, 15) is 0 Å². The van der Waals surface area contributed by atoms with E-state index in [4.69, 9.17) is 11.6 Å². The third-order valence-electron chi connectivity index (χ3n) is 2.88. The Morgan fingerprint density at radius 3 is 3.07 bits per heavy atom. The lowest BCUT2D eigenvalue weighted by molar-refractivity contribution is 0.397. The van der Waals surface area contributed by atoms with Crippen LogP contribution in [0.1, 0.15) is 12.0 Å². The van der Waals surface area contributed by atoms with Crippen LogP contribution < -0.4 is 5.32 Å². The zero-order valence-electron chi connectivity index (χ0n) is 9.04. The summed E-state index contributed by atoms with van der Waals surface area (Å²) < 4.78 is 0. The molecule has 1 heterocycles. The third kappa shape index (κ3) is 3.20. The molecule has 1 N–H and O–H groups in total. The molecule has 0 amide bonds. The summed E-state index contributed by atoms with van der Waals surface area (Å²) in [5, 5.41) is 4.37. The fourth-order valence-electron chi connectivity index (χ4n) is 2.01. The first-order valence-electron chi connectivity index (χ1n) is 5.40. The van der Waals surface area contributed by atoms with E-state index in [0.717, 1.165) is 18.1 Å². The van der Waals surface area contributed by atoms with Gasteiger partial charge in [-0.1, -0.05) is 23.7 Å². The van der Waals surface area contributed by atoms with E-state index >= 15 is 0 Å². The van der Waals surface area contributed by atoms with Gasteiger partial charge < -0.3 is 10.2 Å². The molecule has 0 spiro atoms. The highest BCUT2D eigenvalue weighted by Gasteiger charge is 2.18. The summed E-state index contributed by atoms with van der Waals surface area (Å²) in [6.45, 7) is 3.27. The second-order valence-electron chi connectivity index (χ2n) is 4.26. The Labute approximate surface area is 96.2 Å². The molecule has 0 bridgehead atoms. The van der Waals surface area contributed by atoms with E-state index in [1.165, 1.54) is 18.5 Å². The Hall–Kier alpha value is -0.570. The lowest BCUT2D eigenvalue weighted by atomic mass is 10.2. The fourth-order valence-corrected chi connectivity index (χ4v) is 2.22. The van der Waals surface area contributed by atoms with Crippen molar-refractivity contribution in [2.24, 2.45) is 0 Å². The monoisotopic (exact) mass is 224 g/mol. The molecule has 2 rings (SSSR count). The maximum Gasteiger partial charge on any atom is 0.0409 e. The molecule has 0 unspecified atom stereocenters. The molecule has 1 aromatic rings. The standard InChI is InChI=1S/C12H17ClN2/c1-15-6-5-12(9-15)14-8-10-3-2-4-11(13)7-10/h2-4,7,12,14H,5-6,8-9H2,1H3/t12-/m1/s1. The topological polar surface area (TPSA) is 15.3 Å². The fraction of sp³-hybridized carbons (Fsp3) is 0.500. The summed E-state index contributed by atoms with van der Waals surface area (Å²) in [6.07, 6.45) is 1.25. The summed E-state index contributed by atoms with van der Waals surface area (Å²) in [7, 11) is 2.17. The number of nitrogens with zero attached hydrogens (tertiary/aromatic N) is 1. The lowest BCUT2D eigenvalue weighted by Crippen LogP contribution is -2.30. The SMILES string of the molecule is CN1CC[C@@H](NCc2cccc(Cl)c2)C1. The summed E-state index contributed by atoms with van der Waals surface area (Å²) in [4.78, 5) is 2.36. The molecule has 3 heteroatoms. The molecule has 1 atom stereocenters. The van der Waals surface area contributed by atoms with Crippen LogP contribution in [0.2, 0.25) is 5.02 Å². The van der Waals surface area contributed by atoms with E-state index in [0.29, 0.717) is 6.04 Å². The van der Waals surface area contributed by atoms with Gasteiger partial charge in [-0.05, 0) is 37.7 Å². The molecule has 1 fully saturated rings. The van der Waals surface area contributed by atoms with Gasteiger partial charge in [0.15, 0.2) is 0 Å². The highest BCUT2D eigenvalue weighted by molar-refractivity contribution is 6.30. The van der Waals surface area contributed by atoms with Crippen LogP contribution >= 0.6 is 11.6 Å². The van der Waals surface area contributed by atoms with Gasteiger partial charge in [0.1, 0.15) is 0 Å². The molecule has 82 valence electrons. The van der Waals surface area contributed by atoms with Crippen LogP contribution in [0.25, 0.3) is 0 Å². The van der Waals surface area contributed by atoms with Crippen molar-refractivity contribution in [2.45, 2.75) is 19.0 Å². The summed E-state index contributed by atoms with van der Waals surface area (Å²) in [5.74, 6) is 0. The number of benzene rings is 1. The van der Waals surface area contributed by atoms with Crippen molar-refractivity contribution in [1.82, 2.24) is 10.2 Å². The largest absolute Gasteiger partial charge is 0.309 e. The van der Waals surface area contributed by atoms with Crippen molar-refractivity contribution in [3.63, 3.8) is 0 Å². The van der Waals surface area contributed by atoms with Crippen LogP contribution in [0.5, 0.6) is 0 Å². The summed E-state index contributed by atoms with van der Waals surface area (Å²) in [6, 6.07) is 8.67. The number of hydrogen-bond donors (Lipinski definition) is 1. The molecule has 1 aliphatic heterocycles. The number of hydrogen-bond acceptors (Lipinski definition) is 2. The van der Waals surface area contributed by atoms with Gasteiger partial charge in [0.25, 0.3) is 0 Å². The molecular formula is C12H17ClN2. The molecule has 1 aliphatic rings. The van der Waals surface area contributed by atoms with Crippen molar-refractivity contribution in [2.75, 3.05) is 20.1 Å². The lowest BCUT2D eigenvalue weighted by Gasteiger charge is -2.12. The quantitative estimate of drug-likeness (QED) is 0.847. The number of halogens is 1. The number of rotatable bonds is 3. The predicted octanol–water partition coefficient (Wildman–Crippen LogP) is 2.13. The van der Waals surface area contributed by atoms with Gasteiger partial charge in [0, 0.05) is 24.2 Å². The minimum atomic E-state index is 0.633. The van der Waals surface area contributed by atoms with Crippen molar-refractivity contribution in [3.05, 3.63) is 34.9 Å². The van der Waals surface area contributed by atoms with Gasteiger partial charge in [0.2, 0.25) is 0 Å². The van der Waals surface area contributed by atoms with E-state index < -0.39 is 0 Å². The van der Waals surface area contributed by atoms with E-state index in [1.54, 1.807) is 0 Å². The Bertz CT molecular complexity index is 327. The minimum Gasteiger partial charge on any atom is -0.309 e. The van der Waals surface area contributed by atoms with Crippen LogP contribution in [0.3, 0.4) is 0 Å². The first-order chi connectivity index (χ1) is 7.24. The molecule has 0 aromatic heterocycles. The van der Waals surface area contributed by atoms with Crippen molar-refractivity contribution in [1.29, 1.82) is 0 Å². The van der Waals surface area contributed by atoms with Gasteiger partial charge in [-0.15, -0.1) is 0 Å². The Morgan fingerprint density at radius 2 is 2.40 bits per heavy atom. The molecule has 0 saturated carbocycles. The minimum absolute atomic E-state index is 0.633. The van der Waals surface area contributed by atoms with Gasteiger partial charge in [-0.3, -0.25) is 0 Å². The van der Waals surface area contributed by atoms with Crippen molar-refractivity contribution in [3.8, 4) is 0 Å². The van der Waals surface area contributed by atoms with Crippen LogP contribution in [-0.2, 0) is 6.54 Å². The zero-order chi connectivity index (χ0) is 10.7. The summed E-state index contributed by atoms with van der Waals surface area (Å²) in [5.41, 5.74) is 1.26. The Balaban J connectivity index is 1.83. The Morgan fingerprint density at radius 1 is 1.53 bits per heavy atom. The molecule has 0 radical (unpaired) electrons. The van der Waals surface area contributed by atoms with Crippen LogP contribution in [0, 0.1) is 0 Å². The smallest absolute Gasteiger partial charge is 0.0409 e. The molecule has 1 saturated heterocycles. The van der Waals surface area contributed by atoms with E-state index in [1.807, 2.05) is 18.2 Å². The van der Waals surface area contributed by atoms with Crippen LogP contribution in [0.15, 0.2) is 24.3 Å². The van der Waals surface area contributed by atoms with Gasteiger partial charge in [-0.2, -0.15) is 0 Å². The first kappa shape index (κ1) is 10.9. The second-order valence-corrected chi connectivity index (χ2v) is 4.70. The highest BCUT2D eigenvalue weighted by Crippen LogP contribution is 2.12. The summed E-state index contributed by atoms with van der Waals surface area (Å²) >= 11 is 5.93. The van der Waals surface area contributed by atoms with Crippen molar-refractivity contribution < 1.29 is 0 Å². The number of likely N-dealkylation sites (tertiary alicyclic amines) is 1. The second kappa shape index (κ2) is 4.97. The highest BCUT2D eigenvalue weighted by atomic mass is 35.5. The Kier molecular flexibility index (Phi) is 3.62. The maximum absolute atomic E-state index is 5.93. The van der Waals surface area contributed by atoms with Crippen molar-refractivity contribution >= 4 is 11.6 Å². The van der Waals surface area contributed by atoms with E-state index in [-0.39, 0.29) is 0 Å².